The molecule has 1 aromatic heterocycles. The highest BCUT2D eigenvalue weighted by Gasteiger charge is 2.35. The van der Waals surface area contributed by atoms with Gasteiger partial charge < -0.3 is 18.6 Å². The van der Waals surface area contributed by atoms with Gasteiger partial charge in [-0.25, -0.2) is 8.42 Å². The van der Waals surface area contributed by atoms with Crippen molar-refractivity contribution < 1.29 is 27.0 Å². The third-order valence-electron chi connectivity index (χ3n) is 5.50. The zero-order valence-corrected chi connectivity index (χ0v) is 19.0. The number of sulfonamides is 1. The highest BCUT2D eigenvalue weighted by atomic mass is 32.2. The average Bonchev–Trinajstić information content (AvgIpc) is 3.34. The standard InChI is InChI=1S/C22H25N3O6S/c1-28-17-8-6-15(7-9-17)21-23-24-22(31-21)16-5-4-12-25(14-16)32(26,27)20-13-18(29-2)10-11-19(20)30-3/h6-11,13,16H,4-5,12,14H2,1-3H3/t16-/m1/s1. The highest BCUT2D eigenvalue weighted by molar-refractivity contribution is 7.89. The van der Waals surface area contributed by atoms with Crippen LogP contribution in [0.1, 0.15) is 24.7 Å². The Morgan fingerprint density at radius 1 is 0.969 bits per heavy atom. The molecule has 0 radical (unpaired) electrons. The molecule has 9 nitrogen and oxygen atoms in total. The molecule has 1 aliphatic rings. The number of hydrogen-bond acceptors (Lipinski definition) is 8. The topological polar surface area (TPSA) is 104 Å². The van der Waals surface area contributed by atoms with E-state index < -0.39 is 10.0 Å². The van der Waals surface area contributed by atoms with Gasteiger partial charge in [0.1, 0.15) is 22.1 Å². The zero-order valence-electron chi connectivity index (χ0n) is 18.1. The van der Waals surface area contributed by atoms with E-state index in [1.54, 1.807) is 19.2 Å². The molecule has 1 atom stereocenters. The molecule has 2 heterocycles. The Morgan fingerprint density at radius 3 is 2.38 bits per heavy atom. The largest absolute Gasteiger partial charge is 0.497 e. The Morgan fingerprint density at radius 2 is 1.69 bits per heavy atom. The van der Waals surface area contributed by atoms with Crippen LogP contribution in [0, 0.1) is 0 Å². The number of hydrogen-bond donors (Lipinski definition) is 0. The lowest BCUT2D eigenvalue weighted by Gasteiger charge is -2.30. The maximum atomic E-state index is 13.4. The highest BCUT2D eigenvalue weighted by Crippen LogP contribution is 2.35. The molecular formula is C22H25N3O6S. The number of benzene rings is 2. The maximum absolute atomic E-state index is 13.4. The predicted octanol–water partition coefficient (Wildman–Crippen LogP) is 3.33. The van der Waals surface area contributed by atoms with Gasteiger partial charge in [-0.05, 0) is 49.2 Å². The normalized spacial score (nSPS) is 17.2. The Labute approximate surface area is 187 Å². The number of nitrogens with zero attached hydrogens (tertiary/aromatic N) is 3. The second kappa shape index (κ2) is 9.17. The van der Waals surface area contributed by atoms with Crippen molar-refractivity contribution in [3.05, 3.63) is 48.4 Å². The third kappa shape index (κ3) is 4.28. The molecule has 0 spiro atoms. The first-order valence-corrected chi connectivity index (χ1v) is 11.6. The molecular weight excluding hydrogens is 434 g/mol. The molecule has 2 aromatic carbocycles. The fourth-order valence-corrected chi connectivity index (χ4v) is 5.43. The summed E-state index contributed by atoms with van der Waals surface area (Å²) >= 11 is 0. The fraction of sp³-hybridized carbons (Fsp3) is 0.364. The Kier molecular flexibility index (Phi) is 6.33. The molecule has 4 rings (SSSR count). The van der Waals surface area contributed by atoms with Gasteiger partial charge in [0.25, 0.3) is 0 Å². The van der Waals surface area contributed by atoms with E-state index >= 15 is 0 Å². The van der Waals surface area contributed by atoms with E-state index in [1.807, 2.05) is 24.3 Å². The minimum atomic E-state index is -3.81. The smallest absolute Gasteiger partial charge is 0.247 e. The van der Waals surface area contributed by atoms with E-state index in [4.69, 9.17) is 18.6 Å². The molecule has 0 amide bonds. The second-order valence-electron chi connectivity index (χ2n) is 7.39. The molecule has 3 aromatic rings. The number of rotatable bonds is 7. The molecule has 0 N–H and O–H groups in total. The van der Waals surface area contributed by atoms with Gasteiger partial charge >= 0.3 is 0 Å². The van der Waals surface area contributed by atoms with E-state index in [9.17, 15) is 8.42 Å². The molecule has 32 heavy (non-hydrogen) atoms. The number of ether oxygens (including phenoxy) is 3. The van der Waals surface area contributed by atoms with Gasteiger partial charge in [0.15, 0.2) is 0 Å². The first kappa shape index (κ1) is 22.1. The van der Waals surface area contributed by atoms with Crippen LogP contribution in [-0.2, 0) is 10.0 Å². The molecule has 0 bridgehead atoms. The average molecular weight is 460 g/mol. The minimum Gasteiger partial charge on any atom is -0.497 e. The van der Waals surface area contributed by atoms with Gasteiger partial charge in [-0.2, -0.15) is 4.31 Å². The first-order chi connectivity index (χ1) is 15.5. The van der Waals surface area contributed by atoms with Crippen molar-refractivity contribution in [1.82, 2.24) is 14.5 Å². The van der Waals surface area contributed by atoms with Crippen LogP contribution in [0.25, 0.3) is 11.5 Å². The predicted molar refractivity (Wildman–Crippen MR) is 117 cm³/mol. The van der Waals surface area contributed by atoms with Crippen molar-refractivity contribution in [2.45, 2.75) is 23.7 Å². The monoisotopic (exact) mass is 459 g/mol. The second-order valence-corrected chi connectivity index (χ2v) is 9.30. The van der Waals surface area contributed by atoms with Crippen molar-refractivity contribution in [1.29, 1.82) is 0 Å². The van der Waals surface area contributed by atoms with Gasteiger partial charge in [-0.3, -0.25) is 0 Å². The molecule has 170 valence electrons. The molecule has 1 saturated heterocycles. The van der Waals surface area contributed by atoms with Crippen LogP contribution in [0.15, 0.2) is 51.8 Å². The van der Waals surface area contributed by atoms with Crippen LogP contribution in [0.3, 0.4) is 0 Å². The van der Waals surface area contributed by atoms with Crippen LogP contribution < -0.4 is 14.2 Å². The lowest BCUT2D eigenvalue weighted by Crippen LogP contribution is -2.39. The van der Waals surface area contributed by atoms with Gasteiger partial charge in [0, 0.05) is 24.7 Å². The summed E-state index contributed by atoms with van der Waals surface area (Å²) in [5.74, 6) is 2.06. The van der Waals surface area contributed by atoms with Gasteiger partial charge in [0.05, 0.1) is 27.2 Å². The van der Waals surface area contributed by atoms with Crippen molar-refractivity contribution in [3.63, 3.8) is 0 Å². The van der Waals surface area contributed by atoms with Crippen molar-refractivity contribution in [3.8, 4) is 28.7 Å². The van der Waals surface area contributed by atoms with Crippen molar-refractivity contribution in [2.75, 3.05) is 34.4 Å². The summed E-state index contributed by atoms with van der Waals surface area (Å²) in [7, 11) is 0.729. The van der Waals surface area contributed by atoms with Crippen molar-refractivity contribution >= 4 is 10.0 Å². The van der Waals surface area contributed by atoms with E-state index in [0.29, 0.717) is 30.5 Å². The molecule has 0 unspecified atom stereocenters. The van der Waals surface area contributed by atoms with Crippen LogP contribution in [0.5, 0.6) is 17.2 Å². The summed E-state index contributed by atoms with van der Waals surface area (Å²) < 4.78 is 49.8. The van der Waals surface area contributed by atoms with Gasteiger partial charge in [-0.1, -0.05) is 0 Å². The molecule has 0 saturated carbocycles. The lowest BCUT2D eigenvalue weighted by molar-refractivity contribution is 0.285. The Hall–Kier alpha value is -3.11. The van der Waals surface area contributed by atoms with E-state index in [-0.39, 0.29) is 23.1 Å². The van der Waals surface area contributed by atoms with Crippen LogP contribution in [0.2, 0.25) is 0 Å². The summed E-state index contributed by atoms with van der Waals surface area (Å²) in [4.78, 5) is 0.0736. The number of methoxy groups -OCH3 is 3. The van der Waals surface area contributed by atoms with Crippen LogP contribution in [0.4, 0.5) is 0 Å². The third-order valence-corrected chi connectivity index (χ3v) is 7.39. The van der Waals surface area contributed by atoms with E-state index in [2.05, 4.69) is 10.2 Å². The molecule has 10 heteroatoms. The maximum Gasteiger partial charge on any atom is 0.247 e. The molecule has 1 fully saturated rings. The SMILES string of the molecule is COc1ccc(-c2nnc([C@@H]3CCCN(S(=O)(=O)c4cc(OC)ccc4OC)C3)o2)cc1. The Bertz CT molecular complexity index is 1180. The summed E-state index contributed by atoms with van der Waals surface area (Å²) in [6, 6.07) is 12.0. The van der Waals surface area contributed by atoms with Crippen LogP contribution in [-0.4, -0.2) is 57.3 Å². The summed E-state index contributed by atoms with van der Waals surface area (Å²) in [5.41, 5.74) is 0.769. The van der Waals surface area contributed by atoms with Crippen LogP contribution >= 0.6 is 0 Å². The fourth-order valence-electron chi connectivity index (χ4n) is 3.74. The van der Waals surface area contributed by atoms with Gasteiger partial charge in [0.2, 0.25) is 21.8 Å². The lowest BCUT2D eigenvalue weighted by atomic mass is 10.00. The zero-order chi connectivity index (χ0) is 22.7. The van der Waals surface area contributed by atoms with Gasteiger partial charge in [-0.15, -0.1) is 10.2 Å². The first-order valence-electron chi connectivity index (χ1n) is 10.2. The number of aromatic nitrogens is 2. The summed E-state index contributed by atoms with van der Waals surface area (Å²) in [6.07, 6.45) is 1.43. The quantitative estimate of drug-likeness (QED) is 0.530. The minimum absolute atomic E-state index is 0.0736. The van der Waals surface area contributed by atoms with Crippen molar-refractivity contribution in [2.24, 2.45) is 0 Å². The molecule has 1 aliphatic heterocycles. The summed E-state index contributed by atoms with van der Waals surface area (Å²) in [5, 5.41) is 8.35. The Balaban J connectivity index is 1.57. The molecule has 0 aliphatic carbocycles. The van der Waals surface area contributed by atoms with E-state index in [1.165, 1.54) is 24.6 Å². The number of piperidine rings is 1. The summed E-state index contributed by atoms with van der Waals surface area (Å²) in [6.45, 7) is 0.644. The van der Waals surface area contributed by atoms with E-state index in [0.717, 1.165) is 17.7 Å².